The molecule has 27 heavy (non-hydrogen) atoms. The number of hydrogen-bond acceptors (Lipinski definition) is 6. The molecule has 0 bridgehead atoms. The molecular formula is C20H24N2O5. The molecule has 0 spiro atoms. The Bertz CT molecular complexity index is 803. The lowest BCUT2D eigenvalue weighted by Gasteiger charge is -2.37. The van der Waals surface area contributed by atoms with Gasteiger partial charge in [0.1, 0.15) is 17.1 Å². The van der Waals surface area contributed by atoms with E-state index < -0.39 is 12.1 Å². The maximum Gasteiger partial charge on any atom is 0.339 e. The zero-order chi connectivity index (χ0) is 19.4. The summed E-state index contributed by atoms with van der Waals surface area (Å²) >= 11 is 0. The third-order valence-electron chi connectivity index (χ3n) is 4.87. The van der Waals surface area contributed by atoms with Crippen LogP contribution in [0.1, 0.15) is 22.0 Å². The predicted molar refractivity (Wildman–Crippen MR) is 102 cm³/mol. The maximum atomic E-state index is 11.1. The van der Waals surface area contributed by atoms with Crippen LogP contribution >= 0.6 is 0 Å². The Morgan fingerprint density at radius 3 is 2.52 bits per heavy atom. The summed E-state index contributed by atoms with van der Waals surface area (Å²) in [5, 5.41) is 29.2. The zero-order valence-electron chi connectivity index (χ0n) is 15.2. The zero-order valence-corrected chi connectivity index (χ0v) is 15.2. The summed E-state index contributed by atoms with van der Waals surface area (Å²) in [6.07, 6.45) is -0.818. The van der Waals surface area contributed by atoms with Gasteiger partial charge in [-0.15, -0.1) is 0 Å². The van der Waals surface area contributed by atoms with Gasteiger partial charge in [-0.05, 0) is 29.8 Å². The van der Waals surface area contributed by atoms with Crippen LogP contribution in [0.25, 0.3) is 0 Å². The van der Waals surface area contributed by atoms with Crippen molar-refractivity contribution in [1.29, 1.82) is 0 Å². The van der Waals surface area contributed by atoms with Crippen molar-refractivity contribution >= 4 is 11.7 Å². The molecule has 2 aromatic carbocycles. The van der Waals surface area contributed by atoms with E-state index in [9.17, 15) is 15.0 Å². The molecule has 3 rings (SSSR count). The number of nitrogens with zero attached hydrogens (tertiary/aromatic N) is 2. The number of β-amino-alcohol motifs (C(OH)–C–C–N with tert-alkyl or cyclic N) is 1. The summed E-state index contributed by atoms with van der Waals surface area (Å²) in [5.74, 6) is -0.674. The fraction of sp³-hybridized carbons (Fsp3) is 0.350. The van der Waals surface area contributed by atoms with Crippen molar-refractivity contribution in [2.75, 3.05) is 44.7 Å². The molecule has 1 heterocycles. The van der Waals surface area contributed by atoms with Gasteiger partial charge in [0, 0.05) is 32.7 Å². The van der Waals surface area contributed by atoms with Crippen molar-refractivity contribution in [3.63, 3.8) is 0 Å². The van der Waals surface area contributed by atoms with Crippen LogP contribution in [0.2, 0.25) is 0 Å². The van der Waals surface area contributed by atoms with Gasteiger partial charge in [0.25, 0.3) is 0 Å². The van der Waals surface area contributed by atoms with E-state index in [0.717, 1.165) is 37.6 Å². The number of carboxylic acids is 1. The van der Waals surface area contributed by atoms with E-state index in [-0.39, 0.29) is 11.3 Å². The molecule has 7 heteroatoms. The first kappa shape index (κ1) is 19.0. The smallest absolute Gasteiger partial charge is 0.339 e. The molecule has 2 aromatic rings. The minimum atomic E-state index is -1.22. The molecule has 1 atom stereocenters. The minimum Gasteiger partial charge on any atom is -0.507 e. The highest BCUT2D eigenvalue weighted by atomic mass is 16.5. The van der Waals surface area contributed by atoms with Crippen LogP contribution < -0.4 is 9.64 Å². The molecule has 1 aliphatic rings. The van der Waals surface area contributed by atoms with Crippen LogP contribution in [0.4, 0.5) is 5.69 Å². The Balaban J connectivity index is 1.61. The highest BCUT2D eigenvalue weighted by Gasteiger charge is 2.22. The van der Waals surface area contributed by atoms with Crippen LogP contribution in [-0.4, -0.2) is 66.0 Å². The number of aliphatic hydroxyl groups excluding tert-OH is 1. The molecule has 0 aromatic heterocycles. The second kappa shape index (κ2) is 8.28. The van der Waals surface area contributed by atoms with E-state index >= 15 is 0 Å². The summed E-state index contributed by atoms with van der Waals surface area (Å²) in [4.78, 5) is 15.5. The van der Waals surface area contributed by atoms with Crippen LogP contribution in [-0.2, 0) is 0 Å². The second-order valence-corrected chi connectivity index (χ2v) is 6.56. The molecule has 1 saturated heterocycles. The van der Waals surface area contributed by atoms with E-state index in [0.29, 0.717) is 12.1 Å². The highest BCUT2D eigenvalue weighted by Crippen LogP contribution is 2.29. The fourth-order valence-corrected chi connectivity index (χ4v) is 3.34. The van der Waals surface area contributed by atoms with Gasteiger partial charge < -0.3 is 25.0 Å². The van der Waals surface area contributed by atoms with Crippen molar-refractivity contribution < 1.29 is 24.9 Å². The lowest BCUT2D eigenvalue weighted by atomic mass is 10.0. The molecule has 0 amide bonds. The van der Waals surface area contributed by atoms with Crippen molar-refractivity contribution in [3.05, 3.63) is 53.6 Å². The number of rotatable bonds is 6. The third kappa shape index (κ3) is 4.32. The van der Waals surface area contributed by atoms with E-state index in [1.165, 1.54) is 12.1 Å². The molecular weight excluding hydrogens is 348 g/mol. The van der Waals surface area contributed by atoms with E-state index in [1.54, 1.807) is 13.2 Å². The summed E-state index contributed by atoms with van der Waals surface area (Å²) < 4.78 is 5.42. The molecule has 0 aliphatic carbocycles. The number of carbonyl (C=O) groups is 1. The number of piperazine rings is 1. The van der Waals surface area contributed by atoms with Gasteiger partial charge >= 0.3 is 5.97 Å². The van der Waals surface area contributed by atoms with Crippen LogP contribution in [0, 0.1) is 0 Å². The quantitative estimate of drug-likeness (QED) is 0.714. The molecule has 1 unspecified atom stereocenters. The molecule has 1 fully saturated rings. The first-order valence-corrected chi connectivity index (χ1v) is 8.84. The first-order valence-electron chi connectivity index (χ1n) is 8.84. The Kier molecular flexibility index (Phi) is 5.83. The number of benzene rings is 2. The van der Waals surface area contributed by atoms with Crippen LogP contribution in [0.15, 0.2) is 42.5 Å². The van der Waals surface area contributed by atoms with Crippen molar-refractivity contribution in [3.8, 4) is 11.5 Å². The number of ether oxygens (including phenoxy) is 1. The number of aliphatic hydroxyl groups is 1. The third-order valence-corrected chi connectivity index (χ3v) is 4.87. The lowest BCUT2D eigenvalue weighted by molar-refractivity contribution is 0.0693. The summed E-state index contributed by atoms with van der Waals surface area (Å²) in [7, 11) is 1.66. The number of carboxylic acid groups (broad SMARTS) is 1. The largest absolute Gasteiger partial charge is 0.507 e. The van der Waals surface area contributed by atoms with E-state index in [4.69, 9.17) is 9.84 Å². The molecule has 3 N–H and O–H groups in total. The van der Waals surface area contributed by atoms with Crippen LogP contribution in [0.3, 0.4) is 0 Å². The Morgan fingerprint density at radius 2 is 1.85 bits per heavy atom. The van der Waals surface area contributed by atoms with Gasteiger partial charge in [-0.2, -0.15) is 0 Å². The monoisotopic (exact) mass is 372 g/mol. The van der Waals surface area contributed by atoms with Gasteiger partial charge in [0.2, 0.25) is 0 Å². The molecule has 144 valence electrons. The molecule has 7 nitrogen and oxygen atoms in total. The van der Waals surface area contributed by atoms with Gasteiger partial charge in [-0.25, -0.2) is 4.79 Å². The molecule has 0 radical (unpaired) electrons. The van der Waals surface area contributed by atoms with Crippen LogP contribution in [0.5, 0.6) is 11.5 Å². The van der Waals surface area contributed by atoms with Gasteiger partial charge in [0.15, 0.2) is 0 Å². The maximum absolute atomic E-state index is 11.1. The average molecular weight is 372 g/mol. The summed E-state index contributed by atoms with van der Waals surface area (Å²) in [6.45, 7) is 3.58. The summed E-state index contributed by atoms with van der Waals surface area (Å²) in [5.41, 5.74) is 1.34. The standard InChI is InChI=1S/C20H24N2O5/c1-27-19-5-3-2-4-16(19)22-10-8-21(9-11-22)13-18(24)14-6-7-17(23)15(12-14)20(25)26/h2-7,12,18,23-24H,8-11,13H2,1H3,(H,25,26). The molecule has 1 aliphatic heterocycles. The van der Waals surface area contributed by atoms with Gasteiger partial charge in [0.05, 0.1) is 18.9 Å². The summed E-state index contributed by atoms with van der Waals surface area (Å²) in [6, 6.07) is 12.1. The predicted octanol–water partition coefficient (Wildman–Crippen LogP) is 1.95. The normalized spacial score (nSPS) is 16.1. The number of aromatic carboxylic acids is 1. The number of para-hydroxylation sites is 2. The Hall–Kier alpha value is -2.77. The van der Waals surface area contributed by atoms with Crippen molar-refractivity contribution in [2.45, 2.75) is 6.10 Å². The Labute approximate surface area is 158 Å². The van der Waals surface area contributed by atoms with Gasteiger partial charge in [-0.3, -0.25) is 4.90 Å². The minimum absolute atomic E-state index is 0.201. The lowest BCUT2D eigenvalue weighted by Crippen LogP contribution is -2.47. The average Bonchev–Trinajstić information content (AvgIpc) is 2.68. The van der Waals surface area contributed by atoms with Gasteiger partial charge in [-0.1, -0.05) is 18.2 Å². The van der Waals surface area contributed by atoms with E-state index in [2.05, 4.69) is 9.80 Å². The topological polar surface area (TPSA) is 93.5 Å². The number of phenols is 1. The number of aromatic hydroxyl groups is 1. The van der Waals surface area contributed by atoms with E-state index in [1.807, 2.05) is 24.3 Å². The van der Waals surface area contributed by atoms with Crippen molar-refractivity contribution in [1.82, 2.24) is 4.90 Å². The van der Waals surface area contributed by atoms with Crippen molar-refractivity contribution in [2.24, 2.45) is 0 Å². The SMILES string of the molecule is COc1ccccc1N1CCN(CC(O)c2ccc(O)c(C(=O)O)c2)CC1. The number of anilines is 1. The second-order valence-electron chi connectivity index (χ2n) is 6.56. The first-order chi connectivity index (χ1) is 13.0. The number of hydrogen-bond donors (Lipinski definition) is 3. The molecule has 0 saturated carbocycles. The highest BCUT2D eigenvalue weighted by molar-refractivity contribution is 5.90. The fourth-order valence-electron chi connectivity index (χ4n) is 3.34. The Morgan fingerprint density at radius 1 is 1.15 bits per heavy atom. The number of methoxy groups -OCH3 is 1.